The fourth-order valence-electron chi connectivity index (χ4n) is 3.92. The predicted molar refractivity (Wildman–Crippen MR) is 123 cm³/mol. The van der Waals surface area contributed by atoms with Crippen LogP contribution in [0.15, 0.2) is 42.2 Å². The third kappa shape index (κ3) is 4.11. The van der Waals surface area contributed by atoms with Crippen LogP contribution in [0.3, 0.4) is 0 Å². The number of rotatable bonds is 6. The van der Waals surface area contributed by atoms with E-state index >= 15 is 0 Å². The van der Waals surface area contributed by atoms with Crippen LogP contribution in [-0.4, -0.2) is 62.4 Å². The van der Waals surface area contributed by atoms with Crippen LogP contribution in [0.2, 0.25) is 0 Å². The van der Waals surface area contributed by atoms with Gasteiger partial charge in [-0.25, -0.2) is 15.0 Å². The molecule has 4 aromatic rings. The van der Waals surface area contributed by atoms with Gasteiger partial charge in [0, 0.05) is 50.7 Å². The van der Waals surface area contributed by atoms with Gasteiger partial charge in [0.15, 0.2) is 5.65 Å². The van der Waals surface area contributed by atoms with Gasteiger partial charge in [0.25, 0.3) is 0 Å². The van der Waals surface area contributed by atoms with Crippen molar-refractivity contribution in [3.63, 3.8) is 0 Å². The number of piperazine rings is 1. The van der Waals surface area contributed by atoms with E-state index in [1.54, 1.807) is 22.3 Å². The highest BCUT2D eigenvalue weighted by atomic mass is 32.1. The van der Waals surface area contributed by atoms with Crippen molar-refractivity contribution >= 4 is 28.2 Å². The van der Waals surface area contributed by atoms with Crippen LogP contribution < -0.4 is 9.64 Å². The molecule has 3 aromatic heterocycles. The standard InChI is InChI=1S/C22H25N7OS/c1-3-30-18-6-4-16(5-7-18)22-26-17(14-31-22)13-28-8-10-29(11-9-28)21-19-12-25-27(2)20(19)23-15-24-21/h4-7,12,14-15H,3,8-11,13H2,1-2H3. The normalized spacial score (nSPS) is 15.0. The van der Waals surface area contributed by atoms with E-state index in [4.69, 9.17) is 9.72 Å². The van der Waals surface area contributed by atoms with E-state index in [0.717, 1.165) is 71.6 Å². The molecule has 1 fully saturated rings. The molecule has 9 heteroatoms. The van der Waals surface area contributed by atoms with Gasteiger partial charge < -0.3 is 9.64 Å². The van der Waals surface area contributed by atoms with Crippen LogP contribution in [-0.2, 0) is 13.6 Å². The monoisotopic (exact) mass is 435 g/mol. The fourth-order valence-corrected chi connectivity index (χ4v) is 4.74. The van der Waals surface area contributed by atoms with Crippen molar-refractivity contribution in [1.29, 1.82) is 0 Å². The minimum absolute atomic E-state index is 0.679. The number of hydrogen-bond acceptors (Lipinski definition) is 8. The molecule has 0 radical (unpaired) electrons. The van der Waals surface area contributed by atoms with E-state index in [1.807, 2.05) is 32.3 Å². The molecule has 160 valence electrons. The molecule has 0 saturated carbocycles. The van der Waals surface area contributed by atoms with Gasteiger partial charge in [-0.15, -0.1) is 11.3 Å². The second-order valence-electron chi connectivity index (χ2n) is 7.57. The summed E-state index contributed by atoms with van der Waals surface area (Å²) < 4.78 is 7.32. The smallest absolute Gasteiger partial charge is 0.163 e. The van der Waals surface area contributed by atoms with Crippen LogP contribution in [0, 0.1) is 0 Å². The van der Waals surface area contributed by atoms with Gasteiger partial charge in [0.1, 0.15) is 22.9 Å². The molecule has 0 amide bonds. The van der Waals surface area contributed by atoms with Gasteiger partial charge in [-0.05, 0) is 31.2 Å². The lowest BCUT2D eigenvalue weighted by atomic mass is 10.2. The second-order valence-corrected chi connectivity index (χ2v) is 8.43. The Morgan fingerprint density at radius 1 is 1.06 bits per heavy atom. The van der Waals surface area contributed by atoms with Gasteiger partial charge in [-0.2, -0.15) is 5.10 Å². The lowest BCUT2D eigenvalue weighted by Gasteiger charge is -2.35. The van der Waals surface area contributed by atoms with Crippen molar-refractivity contribution in [2.75, 3.05) is 37.7 Å². The summed E-state index contributed by atoms with van der Waals surface area (Å²) in [6, 6.07) is 8.16. The average molecular weight is 436 g/mol. The Balaban J connectivity index is 1.21. The Labute approximate surface area is 185 Å². The zero-order valence-corrected chi connectivity index (χ0v) is 18.5. The molecule has 8 nitrogen and oxygen atoms in total. The topological polar surface area (TPSA) is 72.2 Å². The van der Waals surface area contributed by atoms with Gasteiger partial charge in [0.2, 0.25) is 0 Å². The van der Waals surface area contributed by atoms with Gasteiger partial charge >= 0.3 is 0 Å². The molecular formula is C22H25N7OS. The molecular weight excluding hydrogens is 410 g/mol. The lowest BCUT2D eigenvalue weighted by molar-refractivity contribution is 0.247. The van der Waals surface area contributed by atoms with Crippen molar-refractivity contribution in [1.82, 2.24) is 29.6 Å². The Morgan fingerprint density at radius 3 is 2.65 bits per heavy atom. The summed E-state index contributed by atoms with van der Waals surface area (Å²) in [5.74, 6) is 1.87. The van der Waals surface area contributed by atoms with Crippen LogP contribution in [0.4, 0.5) is 5.82 Å². The third-order valence-corrected chi connectivity index (χ3v) is 6.47. The molecule has 1 aliphatic heterocycles. The van der Waals surface area contributed by atoms with Gasteiger partial charge in [-0.1, -0.05) is 0 Å². The number of thiazole rings is 1. The average Bonchev–Trinajstić information content (AvgIpc) is 3.42. The highest BCUT2D eigenvalue weighted by Crippen LogP contribution is 2.27. The summed E-state index contributed by atoms with van der Waals surface area (Å²) in [6.45, 7) is 7.34. The molecule has 1 aromatic carbocycles. The molecule has 5 rings (SSSR count). The number of ether oxygens (including phenoxy) is 1. The number of nitrogens with zero attached hydrogens (tertiary/aromatic N) is 7. The molecule has 31 heavy (non-hydrogen) atoms. The van der Waals surface area contributed by atoms with Crippen molar-refractivity contribution in [2.45, 2.75) is 13.5 Å². The maximum atomic E-state index is 5.53. The van der Waals surface area contributed by atoms with Crippen molar-refractivity contribution in [2.24, 2.45) is 7.05 Å². The summed E-state index contributed by atoms with van der Waals surface area (Å²) >= 11 is 1.70. The molecule has 0 atom stereocenters. The van der Waals surface area contributed by atoms with Crippen LogP contribution in [0.25, 0.3) is 21.6 Å². The largest absolute Gasteiger partial charge is 0.494 e. The Morgan fingerprint density at radius 2 is 1.87 bits per heavy atom. The summed E-state index contributed by atoms with van der Waals surface area (Å²) in [6.07, 6.45) is 3.48. The number of anilines is 1. The van der Waals surface area contributed by atoms with Crippen LogP contribution in [0.1, 0.15) is 12.6 Å². The first-order chi connectivity index (χ1) is 15.2. The first kappa shape index (κ1) is 19.9. The number of fused-ring (bicyclic) bond motifs is 1. The van der Waals surface area contributed by atoms with Gasteiger partial charge in [-0.3, -0.25) is 9.58 Å². The van der Waals surface area contributed by atoms with E-state index < -0.39 is 0 Å². The predicted octanol–water partition coefficient (Wildman–Crippen LogP) is 3.21. The molecule has 0 aliphatic carbocycles. The van der Waals surface area contributed by atoms with Crippen LogP contribution in [0.5, 0.6) is 5.75 Å². The van der Waals surface area contributed by atoms with E-state index in [1.165, 1.54) is 0 Å². The minimum atomic E-state index is 0.679. The van der Waals surface area contributed by atoms with Crippen LogP contribution >= 0.6 is 11.3 Å². The quantitative estimate of drug-likeness (QED) is 0.460. The van der Waals surface area contributed by atoms with Crippen molar-refractivity contribution in [3.8, 4) is 16.3 Å². The first-order valence-electron chi connectivity index (χ1n) is 10.5. The summed E-state index contributed by atoms with van der Waals surface area (Å²) in [5.41, 5.74) is 3.13. The van der Waals surface area contributed by atoms with E-state index in [0.29, 0.717) is 6.61 Å². The Bertz CT molecular complexity index is 1160. The number of hydrogen-bond donors (Lipinski definition) is 0. The number of aromatic nitrogens is 5. The zero-order chi connectivity index (χ0) is 21.2. The molecule has 0 unspecified atom stereocenters. The second kappa shape index (κ2) is 8.60. The molecule has 4 heterocycles. The first-order valence-corrected chi connectivity index (χ1v) is 11.4. The summed E-state index contributed by atoms with van der Waals surface area (Å²) in [7, 11) is 1.91. The highest BCUT2D eigenvalue weighted by Gasteiger charge is 2.21. The highest BCUT2D eigenvalue weighted by molar-refractivity contribution is 7.13. The maximum absolute atomic E-state index is 5.53. The van der Waals surface area contributed by atoms with E-state index in [2.05, 4.69) is 42.4 Å². The number of benzene rings is 1. The van der Waals surface area contributed by atoms with E-state index in [-0.39, 0.29) is 0 Å². The lowest BCUT2D eigenvalue weighted by Crippen LogP contribution is -2.46. The Kier molecular flexibility index (Phi) is 5.52. The molecule has 0 bridgehead atoms. The SMILES string of the molecule is CCOc1ccc(-c2nc(CN3CCN(c4ncnc5c4cnn5C)CC3)cs2)cc1. The van der Waals surface area contributed by atoms with E-state index in [9.17, 15) is 0 Å². The van der Waals surface area contributed by atoms with Crippen molar-refractivity contribution < 1.29 is 4.74 Å². The molecule has 1 aliphatic rings. The maximum Gasteiger partial charge on any atom is 0.163 e. The third-order valence-electron chi connectivity index (χ3n) is 5.53. The molecule has 0 N–H and O–H groups in total. The summed E-state index contributed by atoms with van der Waals surface area (Å²) in [5, 5.41) is 8.56. The van der Waals surface area contributed by atoms with Crippen molar-refractivity contribution in [3.05, 3.63) is 47.9 Å². The summed E-state index contributed by atoms with van der Waals surface area (Å²) in [4.78, 5) is 18.5. The Hall–Kier alpha value is -3.04. The zero-order valence-electron chi connectivity index (χ0n) is 17.7. The molecule has 1 saturated heterocycles. The number of aryl methyl sites for hydroxylation is 1. The van der Waals surface area contributed by atoms with Gasteiger partial charge in [0.05, 0.1) is 23.9 Å². The fraction of sp³-hybridized carbons (Fsp3) is 0.364. The minimum Gasteiger partial charge on any atom is -0.494 e. The molecule has 0 spiro atoms.